The molecule has 2 aromatic carbocycles. The van der Waals surface area contributed by atoms with E-state index in [0.29, 0.717) is 11.5 Å². The molecule has 0 radical (unpaired) electrons. The Bertz CT molecular complexity index is 1090. The molecule has 1 fully saturated rings. The lowest BCUT2D eigenvalue weighted by molar-refractivity contribution is 0.0954. The number of nitrogens with one attached hydrogen (secondary N) is 1. The highest BCUT2D eigenvalue weighted by atomic mass is 32.2. The zero-order valence-electron chi connectivity index (χ0n) is 19.6. The molecule has 0 aromatic heterocycles. The Morgan fingerprint density at radius 1 is 1.12 bits per heavy atom. The van der Waals surface area contributed by atoms with E-state index in [1.54, 1.807) is 55.6 Å². The van der Waals surface area contributed by atoms with Crippen LogP contribution in [-0.4, -0.2) is 31.4 Å². The van der Waals surface area contributed by atoms with Crippen molar-refractivity contribution in [2.75, 3.05) is 7.05 Å². The van der Waals surface area contributed by atoms with Gasteiger partial charge in [-0.25, -0.2) is 13.8 Å². The number of hydrazone groups is 1. The maximum absolute atomic E-state index is 12.8. The number of carbonyl (C=O) groups excluding carboxylic acids is 1. The van der Waals surface area contributed by atoms with Crippen molar-refractivity contribution in [2.24, 2.45) is 16.4 Å². The molecule has 1 aliphatic carbocycles. The average Bonchev–Trinajstić information content (AvgIpc) is 2.71. The lowest BCUT2D eigenvalue weighted by Gasteiger charge is -2.34. The zero-order valence-corrected chi connectivity index (χ0v) is 20.4. The van der Waals surface area contributed by atoms with Gasteiger partial charge in [0.1, 0.15) is 0 Å². The summed E-state index contributed by atoms with van der Waals surface area (Å²) in [5, 5.41) is 4.38. The maximum Gasteiger partial charge on any atom is 0.271 e. The summed E-state index contributed by atoms with van der Waals surface area (Å²) >= 11 is 0. The van der Waals surface area contributed by atoms with E-state index >= 15 is 0 Å². The van der Waals surface area contributed by atoms with Crippen molar-refractivity contribution in [3.05, 3.63) is 65.2 Å². The summed E-state index contributed by atoms with van der Waals surface area (Å²) in [4.78, 5) is 12.8. The van der Waals surface area contributed by atoms with Gasteiger partial charge in [0.05, 0.1) is 4.90 Å². The Kier molecular flexibility index (Phi) is 7.20. The van der Waals surface area contributed by atoms with Gasteiger partial charge < -0.3 is 0 Å². The van der Waals surface area contributed by atoms with Crippen LogP contribution in [0.15, 0.2) is 58.5 Å². The van der Waals surface area contributed by atoms with E-state index in [0.717, 1.165) is 36.1 Å². The summed E-state index contributed by atoms with van der Waals surface area (Å²) in [7, 11) is -2.03. The fourth-order valence-corrected chi connectivity index (χ4v) is 5.55. The smallest absolute Gasteiger partial charge is 0.267 e. The summed E-state index contributed by atoms with van der Waals surface area (Å²) in [6.45, 7) is 8.81. The molecule has 172 valence electrons. The van der Waals surface area contributed by atoms with Gasteiger partial charge in [-0.1, -0.05) is 50.6 Å². The van der Waals surface area contributed by atoms with Gasteiger partial charge >= 0.3 is 0 Å². The van der Waals surface area contributed by atoms with Crippen LogP contribution in [0.2, 0.25) is 0 Å². The molecule has 32 heavy (non-hydrogen) atoms. The molecule has 2 aromatic rings. The van der Waals surface area contributed by atoms with Crippen LogP contribution in [0.4, 0.5) is 0 Å². The number of nitrogens with zero attached hydrogens (tertiary/aromatic N) is 2. The summed E-state index contributed by atoms with van der Waals surface area (Å²) in [6, 6.07) is 13.7. The van der Waals surface area contributed by atoms with Crippen LogP contribution in [0.3, 0.4) is 0 Å². The highest BCUT2D eigenvalue weighted by Gasteiger charge is 2.29. The van der Waals surface area contributed by atoms with Crippen LogP contribution in [0.25, 0.3) is 0 Å². The Hall–Kier alpha value is -2.51. The average molecular weight is 456 g/mol. The largest absolute Gasteiger partial charge is 0.271 e. The number of aryl methyl sites for hydroxylation is 1. The minimum atomic E-state index is -3.58. The molecule has 0 spiro atoms. The van der Waals surface area contributed by atoms with Crippen molar-refractivity contribution >= 4 is 21.6 Å². The van der Waals surface area contributed by atoms with E-state index in [1.165, 1.54) is 4.31 Å². The summed E-state index contributed by atoms with van der Waals surface area (Å²) in [6.07, 6.45) is 2.96. The molecule has 3 rings (SSSR count). The number of sulfonamides is 1. The molecular formula is C25H33N3O3S. The van der Waals surface area contributed by atoms with Gasteiger partial charge in [-0.3, -0.25) is 4.79 Å². The molecule has 7 heteroatoms. The fourth-order valence-electron chi connectivity index (χ4n) is 4.39. The zero-order chi connectivity index (χ0) is 23.5. The summed E-state index contributed by atoms with van der Waals surface area (Å²) in [5.74, 6) is 0.294. The molecule has 6 nitrogen and oxygen atoms in total. The van der Waals surface area contributed by atoms with Crippen LogP contribution in [0.1, 0.15) is 61.5 Å². The number of rotatable bonds is 6. The first-order valence-corrected chi connectivity index (χ1v) is 12.4. The van der Waals surface area contributed by atoms with Crippen LogP contribution in [-0.2, 0) is 16.6 Å². The van der Waals surface area contributed by atoms with Crippen LogP contribution in [0.5, 0.6) is 0 Å². The van der Waals surface area contributed by atoms with Crippen molar-refractivity contribution in [1.82, 2.24) is 9.73 Å². The molecule has 1 saturated carbocycles. The van der Waals surface area contributed by atoms with Crippen LogP contribution < -0.4 is 5.43 Å². The molecule has 0 aliphatic heterocycles. The minimum absolute atomic E-state index is 0.202. The number of amides is 1. The van der Waals surface area contributed by atoms with Gasteiger partial charge in [0.15, 0.2) is 0 Å². The Balaban J connectivity index is 1.62. The lowest BCUT2D eigenvalue weighted by Crippen LogP contribution is -2.30. The highest BCUT2D eigenvalue weighted by molar-refractivity contribution is 7.89. The second-order valence-electron chi connectivity index (χ2n) is 9.74. The molecule has 0 bridgehead atoms. The Morgan fingerprint density at radius 3 is 2.34 bits per heavy atom. The molecule has 1 atom stereocenters. The van der Waals surface area contributed by atoms with Gasteiger partial charge in [-0.15, -0.1) is 0 Å². The molecule has 1 amide bonds. The van der Waals surface area contributed by atoms with E-state index in [4.69, 9.17) is 0 Å². The number of carbonyl (C=O) groups is 1. The molecular weight excluding hydrogens is 422 g/mol. The van der Waals surface area contributed by atoms with E-state index in [9.17, 15) is 13.2 Å². The summed E-state index contributed by atoms with van der Waals surface area (Å²) in [5.41, 5.74) is 6.21. The van der Waals surface area contributed by atoms with Gasteiger partial charge in [0.2, 0.25) is 10.0 Å². The van der Waals surface area contributed by atoms with Crippen molar-refractivity contribution in [3.8, 4) is 0 Å². The highest BCUT2D eigenvalue weighted by Crippen LogP contribution is 2.36. The van der Waals surface area contributed by atoms with E-state index in [1.807, 2.05) is 6.92 Å². The fraction of sp³-hybridized carbons (Fsp3) is 0.440. The number of hydrogen-bond acceptors (Lipinski definition) is 4. The van der Waals surface area contributed by atoms with E-state index in [-0.39, 0.29) is 22.8 Å². The third kappa shape index (κ3) is 6.04. The number of hydrogen-bond donors (Lipinski definition) is 1. The van der Waals surface area contributed by atoms with Crippen LogP contribution >= 0.6 is 0 Å². The first-order valence-electron chi connectivity index (χ1n) is 10.9. The van der Waals surface area contributed by atoms with Gasteiger partial charge in [0.25, 0.3) is 5.91 Å². The second-order valence-corrected chi connectivity index (χ2v) is 11.8. The standard InChI is InChI=1S/C25H33N3O3S/c1-18-6-12-23(13-7-18)32(30,31)28(5)17-20-8-10-21(11-9-20)24(29)27-26-22-14-19(2)15-25(3,4)16-22/h6-13,19H,14-17H2,1-5H3,(H,27,29). The van der Waals surface area contributed by atoms with Gasteiger partial charge in [-0.05, 0) is 67.3 Å². The third-order valence-corrected chi connectivity index (χ3v) is 7.65. The lowest BCUT2D eigenvalue weighted by atomic mass is 9.72. The quantitative estimate of drug-likeness (QED) is 0.639. The van der Waals surface area contributed by atoms with Gasteiger partial charge in [-0.2, -0.15) is 9.41 Å². The Labute approximate surface area is 191 Å². The topological polar surface area (TPSA) is 78.8 Å². The third-order valence-electron chi connectivity index (χ3n) is 5.83. The predicted octanol–water partition coefficient (Wildman–Crippen LogP) is 4.75. The Morgan fingerprint density at radius 2 is 1.75 bits per heavy atom. The monoisotopic (exact) mass is 455 g/mol. The predicted molar refractivity (Wildman–Crippen MR) is 128 cm³/mol. The first-order chi connectivity index (χ1) is 15.0. The van der Waals surface area contributed by atoms with Crippen molar-refractivity contribution < 1.29 is 13.2 Å². The maximum atomic E-state index is 12.8. The second kappa shape index (κ2) is 9.55. The number of benzene rings is 2. The van der Waals surface area contributed by atoms with Crippen molar-refractivity contribution in [1.29, 1.82) is 0 Å². The van der Waals surface area contributed by atoms with Crippen molar-refractivity contribution in [3.63, 3.8) is 0 Å². The minimum Gasteiger partial charge on any atom is -0.267 e. The summed E-state index contributed by atoms with van der Waals surface area (Å²) < 4.78 is 26.9. The normalized spacial score (nSPS) is 19.8. The molecule has 1 unspecified atom stereocenters. The molecule has 1 N–H and O–H groups in total. The molecule has 0 heterocycles. The van der Waals surface area contributed by atoms with Gasteiger partial charge in [0, 0.05) is 24.9 Å². The first kappa shape index (κ1) is 24.1. The van der Waals surface area contributed by atoms with Crippen molar-refractivity contribution in [2.45, 2.75) is 58.4 Å². The van der Waals surface area contributed by atoms with Crippen LogP contribution in [0, 0.1) is 18.3 Å². The SMILES string of the molecule is Cc1ccc(S(=O)(=O)N(C)Cc2ccc(C(=O)NN=C3CC(C)CC(C)(C)C3)cc2)cc1. The molecule has 1 aliphatic rings. The van der Waals surface area contributed by atoms with E-state index < -0.39 is 10.0 Å². The molecule has 0 saturated heterocycles. The van der Waals surface area contributed by atoms with E-state index in [2.05, 4.69) is 31.3 Å².